The highest BCUT2D eigenvalue weighted by Crippen LogP contribution is 2.20. The summed E-state index contributed by atoms with van der Waals surface area (Å²) >= 11 is 0. The Bertz CT molecular complexity index is 248. The zero-order chi connectivity index (χ0) is 11.4. The molecule has 0 aliphatic carbocycles. The van der Waals surface area contributed by atoms with Crippen molar-refractivity contribution < 1.29 is 9.90 Å². The van der Waals surface area contributed by atoms with Gasteiger partial charge in [0, 0.05) is 13.1 Å². The third kappa shape index (κ3) is 5.31. The average molecular weight is 299 g/mol. The molecule has 4 nitrogen and oxygen atoms in total. The fraction of sp³-hybridized carbons (Fsp3) is 0.917. The Morgan fingerprint density at radius 3 is 2.50 bits per heavy atom. The zero-order valence-electron chi connectivity index (χ0n) is 10.6. The minimum Gasteiger partial charge on any atom is -0.481 e. The molecule has 2 saturated heterocycles. The van der Waals surface area contributed by atoms with Crippen LogP contribution in [0.5, 0.6) is 0 Å². The van der Waals surface area contributed by atoms with Crippen molar-refractivity contribution in [2.75, 3.05) is 32.7 Å². The van der Waals surface area contributed by atoms with Gasteiger partial charge in [-0.2, -0.15) is 0 Å². The van der Waals surface area contributed by atoms with Crippen LogP contribution in [0.1, 0.15) is 25.7 Å². The normalized spacial score (nSPS) is 25.9. The van der Waals surface area contributed by atoms with Crippen molar-refractivity contribution in [3.8, 4) is 0 Å². The maximum absolute atomic E-state index is 11.0. The van der Waals surface area contributed by atoms with Gasteiger partial charge in [-0.15, -0.1) is 24.8 Å². The van der Waals surface area contributed by atoms with Crippen LogP contribution in [0.3, 0.4) is 0 Å². The topological polar surface area (TPSA) is 52.6 Å². The molecule has 0 aromatic carbocycles. The van der Waals surface area contributed by atoms with Gasteiger partial charge in [0.1, 0.15) is 0 Å². The number of nitrogens with zero attached hydrogens (tertiary/aromatic N) is 1. The highest BCUT2D eigenvalue weighted by Gasteiger charge is 2.27. The first-order chi connectivity index (χ1) is 7.75. The molecule has 2 fully saturated rings. The van der Waals surface area contributed by atoms with Gasteiger partial charge in [-0.3, -0.25) is 4.79 Å². The standard InChI is InChI=1S/C12H22N2O2.2ClH/c15-12(16)11-2-1-7-14(9-11)8-10-3-5-13-6-4-10;;/h10-11,13H,1-9H2,(H,15,16);2*1H. The first-order valence-electron chi connectivity index (χ1n) is 6.41. The van der Waals surface area contributed by atoms with E-state index in [0.717, 1.165) is 51.5 Å². The van der Waals surface area contributed by atoms with Gasteiger partial charge < -0.3 is 15.3 Å². The summed E-state index contributed by atoms with van der Waals surface area (Å²) in [5.74, 6) is 0.0271. The predicted molar refractivity (Wildman–Crippen MR) is 76.9 cm³/mol. The molecular weight excluding hydrogens is 275 g/mol. The number of piperidine rings is 2. The van der Waals surface area contributed by atoms with Gasteiger partial charge in [0.05, 0.1) is 5.92 Å². The average Bonchev–Trinajstić information content (AvgIpc) is 2.30. The van der Waals surface area contributed by atoms with Crippen LogP contribution in [0.2, 0.25) is 0 Å². The lowest BCUT2D eigenvalue weighted by Gasteiger charge is -2.34. The minimum atomic E-state index is -0.616. The Morgan fingerprint density at radius 1 is 1.22 bits per heavy atom. The molecule has 2 rings (SSSR count). The molecule has 0 amide bonds. The number of carboxylic acids is 1. The molecule has 18 heavy (non-hydrogen) atoms. The fourth-order valence-electron chi connectivity index (χ4n) is 2.85. The summed E-state index contributed by atoms with van der Waals surface area (Å²) in [6.07, 6.45) is 4.39. The monoisotopic (exact) mass is 298 g/mol. The van der Waals surface area contributed by atoms with Gasteiger partial charge in [0.15, 0.2) is 0 Å². The molecule has 6 heteroatoms. The van der Waals surface area contributed by atoms with Crippen LogP contribution in [-0.4, -0.2) is 48.7 Å². The molecule has 0 aromatic rings. The molecule has 0 saturated carbocycles. The Hall–Kier alpha value is -0.0300. The summed E-state index contributed by atoms with van der Waals surface area (Å²) in [5.41, 5.74) is 0. The van der Waals surface area contributed by atoms with Crippen LogP contribution in [0.25, 0.3) is 0 Å². The van der Waals surface area contributed by atoms with E-state index in [9.17, 15) is 4.79 Å². The Balaban J connectivity index is 0.00000144. The molecule has 0 radical (unpaired) electrons. The maximum atomic E-state index is 11.0. The molecule has 2 aliphatic heterocycles. The lowest BCUT2D eigenvalue weighted by Crippen LogP contribution is -2.43. The molecule has 2 aliphatic rings. The number of rotatable bonds is 3. The second-order valence-corrected chi connectivity index (χ2v) is 5.13. The summed E-state index contributed by atoms with van der Waals surface area (Å²) in [4.78, 5) is 13.3. The Labute approximate surface area is 121 Å². The molecule has 2 heterocycles. The van der Waals surface area contributed by atoms with Crippen molar-refractivity contribution >= 4 is 30.8 Å². The van der Waals surface area contributed by atoms with E-state index >= 15 is 0 Å². The van der Waals surface area contributed by atoms with Crippen molar-refractivity contribution in [1.82, 2.24) is 10.2 Å². The third-order valence-corrected chi connectivity index (χ3v) is 3.83. The van der Waals surface area contributed by atoms with Gasteiger partial charge in [0.25, 0.3) is 0 Å². The van der Waals surface area contributed by atoms with Gasteiger partial charge in [-0.1, -0.05) is 0 Å². The van der Waals surface area contributed by atoms with E-state index in [1.165, 1.54) is 12.8 Å². The molecule has 1 atom stereocenters. The zero-order valence-corrected chi connectivity index (χ0v) is 12.3. The van der Waals surface area contributed by atoms with Crippen molar-refractivity contribution in [3.05, 3.63) is 0 Å². The van der Waals surface area contributed by atoms with E-state index in [0.29, 0.717) is 0 Å². The van der Waals surface area contributed by atoms with E-state index in [-0.39, 0.29) is 30.7 Å². The highest BCUT2D eigenvalue weighted by atomic mass is 35.5. The fourth-order valence-corrected chi connectivity index (χ4v) is 2.85. The first-order valence-corrected chi connectivity index (χ1v) is 6.41. The quantitative estimate of drug-likeness (QED) is 0.831. The number of nitrogens with one attached hydrogen (secondary N) is 1. The molecular formula is C12H24Cl2N2O2. The van der Waals surface area contributed by atoms with Gasteiger partial charge in [-0.05, 0) is 51.2 Å². The van der Waals surface area contributed by atoms with E-state index in [1.807, 2.05) is 0 Å². The minimum absolute atomic E-state index is 0. The van der Waals surface area contributed by atoms with E-state index in [2.05, 4.69) is 10.2 Å². The largest absolute Gasteiger partial charge is 0.481 e. The van der Waals surface area contributed by atoms with Crippen molar-refractivity contribution in [2.24, 2.45) is 11.8 Å². The number of carbonyl (C=O) groups is 1. The number of likely N-dealkylation sites (tertiary alicyclic amines) is 1. The molecule has 108 valence electrons. The summed E-state index contributed by atoms with van der Waals surface area (Å²) < 4.78 is 0. The lowest BCUT2D eigenvalue weighted by atomic mass is 9.94. The van der Waals surface area contributed by atoms with E-state index in [1.54, 1.807) is 0 Å². The summed E-state index contributed by atoms with van der Waals surface area (Å²) in [7, 11) is 0. The molecule has 0 spiro atoms. The molecule has 0 aromatic heterocycles. The van der Waals surface area contributed by atoms with Crippen LogP contribution in [0.15, 0.2) is 0 Å². The van der Waals surface area contributed by atoms with Gasteiger partial charge in [-0.25, -0.2) is 0 Å². The number of carboxylic acid groups (broad SMARTS) is 1. The second-order valence-electron chi connectivity index (χ2n) is 5.13. The SMILES string of the molecule is Cl.Cl.O=C(O)C1CCCN(CC2CCNCC2)C1. The van der Waals surface area contributed by atoms with Crippen molar-refractivity contribution in [1.29, 1.82) is 0 Å². The highest BCUT2D eigenvalue weighted by molar-refractivity contribution is 5.85. The lowest BCUT2D eigenvalue weighted by molar-refractivity contribution is -0.143. The van der Waals surface area contributed by atoms with E-state index < -0.39 is 5.97 Å². The predicted octanol–water partition coefficient (Wildman–Crippen LogP) is 1.63. The van der Waals surface area contributed by atoms with Crippen LogP contribution in [0, 0.1) is 11.8 Å². The smallest absolute Gasteiger partial charge is 0.307 e. The summed E-state index contributed by atoms with van der Waals surface area (Å²) in [6, 6.07) is 0. The number of aliphatic carboxylic acids is 1. The van der Waals surface area contributed by atoms with Crippen LogP contribution < -0.4 is 5.32 Å². The van der Waals surface area contributed by atoms with E-state index in [4.69, 9.17) is 5.11 Å². The molecule has 1 unspecified atom stereocenters. The van der Waals surface area contributed by atoms with Crippen LogP contribution >= 0.6 is 24.8 Å². The van der Waals surface area contributed by atoms with Crippen molar-refractivity contribution in [2.45, 2.75) is 25.7 Å². The van der Waals surface area contributed by atoms with Crippen LogP contribution in [-0.2, 0) is 4.79 Å². The summed E-state index contributed by atoms with van der Waals surface area (Å²) in [6.45, 7) is 5.21. The maximum Gasteiger partial charge on any atom is 0.307 e. The Morgan fingerprint density at radius 2 is 1.89 bits per heavy atom. The Kier molecular flexibility index (Phi) is 8.95. The number of hydrogen-bond acceptors (Lipinski definition) is 3. The van der Waals surface area contributed by atoms with Gasteiger partial charge in [0.2, 0.25) is 0 Å². The van der Waals surface area contributed by atoms with Gasteiger partial charge >= 0.3 is 5.97 Å². The third-order valence-electron chi connectivity index (χ3n) is 3.83. The molecule has 0 bridgehead atoms. The summed E-state index contributed by atoms with van der Waals surface area (Å²) in [5, 5.41) is 12.4. The molecule has 2 N–H and O–H groups in total. The first kappa shape index (κ1) is 18.0. The number of halogens is 2. The van der Waals surface area contributed by atoms with Crippen molar-refractivity contribution in [3.63, 3.8) is 0 Å². The number of hydrogen-bond donors (Lipinski definition) is 2. The van der Waals surface area contributed by atoms with Crippen LogP contribution in [0.4, 0.5) is 0 Å². The second kappa shape index (κ2) is 8.97.